The normalized spacial score (nSPS) is 17.7. The van der Waals surface area contributed by atoms with Gasteiger partial charge in [0, 0.05) is 19.6 Å². The third-order valence-corrected chi connectivity index (χ3v) is 8.84. The highest BCUT2D eigenvalue weighted by Gasteiger charge is 2.32. The number of sulfonamides is 1. The first kappa shape index (κ1) is 29.3. The van der Waals surface area contributed by atoms with E-state index in [9.17, 15) is 18.3 Å². The maximum atomic E-state index is 13.7. The van der Waals surface area contributed by atoms with Gasteiger partial charge in [0.1, 0.15) is 12.5 Å². The van der Waals surface area contributed by atoms with Gasteiger partial charge in [-0.25, -0.2) is 13.2 Å². The van der Waals surface area contributed by atoms with Gasteiger partial charge in [-0.05, 0) is 48.6 Å². The smallest absolute Gasteiger partial charge is 0.410 e. The third-order valence-electron chi connectivity index (χ3n) is 7.00. The van der Waals surface area contributed by atoms with E-state index in [-0.39, 0.29) is 50.5 Å². The molecular weight excluding hydrogens is 524 g/mol. The van der Waals surface area contributed by atoms with Gasteiger partial charge < -0.3 is 29.0 Å². The minimum Gasteiger partial charge on any atom is -0.497 e. The first-order chi connectivity index (χ1) is 18.8. The summed E-state index contributed by atoms with van der Waals surface area (Å²) in [6.07, 6.45) is 1.69. The summed E-state index contributed by atoms with van der Waals surface area (Å²) >= 11 is 0. The zero-order valence-corrected chi connectivity index (χ0v) is 23.1. The van der Waals surface area contributed by atoms with Crippen LogP contribution in [-0.4, -0.2) is 87.8 Å². The van der Waals surface area contributed by atoms with E-state index in [0.717, 1.165) is 31.2 Å². The van der Waals surface area contributed by atoms with Crippen molar-refractivity contribution in [3.8, 4) is 5.75 Å². The summed E-state index contributed by atoms with van der Waals surface area (Å²) in [4.78, 5) is 14.7. The van der Waals surface area contributed by atoms with Crippen LogP contribution in [0.4, 0.5) is 4.79 Å². The van der Waals surface area contributed by atoms with Crippen LogP contribution in [0.15, 0.2) is 59.5 Å². The molecule has 1 heterocycles. The van der Waals surface area contributed by atoms with Crippen molar-refractivity contribution in [2.75, 3.05) is 46.8 Å². The van der Waals surface area contributed by atoms with Crippen molar-refractivity contribution in [3.63, 3.8) is 0 Å². The number of methoxy groups -OCH3 is 1. The van der Waals surface area contributed by atoms with E-state index in [1.165, 1.54) is 28.4 Å². The van der Waals surface area contributed by atoms with Crippen molar-refractivity contribution >= 4 is 16.1 Å². The van der Waals surface area contributed by atoms with Crippen molar-refractivity contribution in [1.29, 1.82) is 0 Å². The Morgan fingerprint density at radius 1 is 1.03 bits per heavy atom. The number of amides is 1. The summed E-state index contributed by atoms with van der Waals surface area (Å²) < 4.78 is 49.9. The van der Waals surface area contributed by atoms with Crippen molar-refractivity contribution in [2.45, 2.75) is 49.3 Å². The number of hydrogen-bond donors (Lipinski definition) is 1. The lowest BCUT2D eigenvalue weighted by Gasteiger charge is -2.31. The SMILES string of the molecule is COc1ccc(S(=O)(=O)N(CC(O)CN(Cc2ccccc2)C(=O)OC2COCOC2)CC2CCCC2)cc1. The average Bonchev–Trinajstić information content (AvgIpc) is 3.47. The number of carbonyl (C=O) groups excluding carboxylic acids is 1. The maximum Gasteiger partial charge on any atom is 0.410 e. The van der Waals surface area contributed by atoms with Crippen LogP contribution >= 0.6 is 0 Å². The van der Waals surface area contributed by atoms with Crippen LogP contribution in [0.5, 0.6) is 5.75 Å². The fraction of sp³-hybridized carbons (Fsp3) is 0.536. The highest BCUT2D eigenvalue weighted by atomic mass is 32.2. The van der Waals surface area contributed by atoms with E-state index in [1.807, 2.05) is 30.3 Å². The predicted octanol–water partition coefficient (Wildman–Crippen LogP) is 3.25. The monoisotopic (exact) mass is 562 g/mol. The van der Waals surface area contributed by atoms with Gasteiger partial charge in [-0.1, -0.05) is 43.2 Å². The molecule has 0 spiro atoms. The number of aliphatic hydroxyl groups excluding tert-OH is 1. The zero-order chi connectivity index (χ0) is 27.7. The molecule has 2 aromatic rings. The van der Waals surface area contributed by atoms with Crippen LogP contribution in [-0.2, 0) is 30.8 Å². The molecule has 1 saturated heterocycles. The minimum atomic E-state index is -3.90. The molecule has 0 aromatic heterocycles. The van der Waals surface area contributed by atoms with Gasteiger partial charge >= 0.3 is 6.09 Å². The minimum absolute atomic E-state index is 0.110. The molecule has 2 aliphatic rings. The number of ether oxygens (including phenoxy) is 4. The number of hydrogen-bond acceptors (Lipinski definition) is 8. The molecule has 10 nitrogen and oxygen atoms in total. The lowest BCUT2D eigenvalue weighted by molar-refractivity contribution is -0.154. The third kappa shape index (κ3) is 8.39. The Bertz CT molecular complexity index is 1130. The topological polar surface area (TPSA) is 115 Å². The van der Waals surface area contributed by atoms with E-state index >= 15 is 0 Å². The standard InChI is InChI=1S/C28H38N2O8S/c1-35-25-11-13-27(14-12-25)39(33,34)30(16-23-9-5-6-10-23)18-24(31)17-29(15-22-7-3-2-4-8-22)28(32)38-26-19-36-21-37-20-26/h2-4,7-8,11-14,23-24,26,31H,5-6,9-10,15-21H2,1H3. The highest BCUT2D eigenvalue weighted by Crippen LogP contribution is 2.28. The molecule has 39 heavy (non-hydrogen) atoms. The summed E-state index contributed by atoms with van der Waals surface area (Å²) in [5, 5.41) is 11.2. The first-order valence-electron chi connectivity index (χ1n) is 13.3. The second kappa shape index (κ2) is 14.1. The number of aliphatic hydroxyl groups is 1. The van der Waals surface area contributed by atoms with E-state index in [4.69, 9.17) is 18.9 Å². The fourth-order valence-electron chi connectivity index (χ4n) is 4.95. The number of benzene rings is 2. The quantitative estimate of drug-likeness (QED) is 0.419. The summed E-state index contributed by atoms with van der Waals surface area (Å²) in [6.45, 7) is 0.844. The summed E-state index contributed by atoms with van der Waals surface area (Å²) in [5.41, 5.74) is 0.853. The summed E-state index contributed by atoms with van der Waals surface area (Å²) in [6, 6.07) is 15.6. The molecule has 1 unspecified atom stereocenters. The maximum absolute atomic E-state index is 13.7. The second-order valence-electron chi connectivity index (χ2n) is 10.0. The van der Waals surface area contributed by atoms with Gasteiger partial charge in [0.25, 0.3) is 0 Å². The van der Waals surface area contributed by atoms with E-state index in [0.29, 0.717) is 12.3 Å². The van der Waals surface area contributed by atoms with Gasteiger partial charge in [0.2, 0.25) is 10.0 Å². The van der Waals surface area contributed by atoms with Gasteiger partial charge in [-0.2, -0.15) is 4.31 Å². The molecule has 1 atom stereocenters. The van der Waals surface area contributed by atoms with Crippen molar-refractivity contribution in [3.05, 3.63) is 60.2 Å². The Kier molecular flexibility index (Phi) is 10.6. The van der Waals surface area contributed by atoms with E-state index < -0.39 is 28.3 Å². The molecule has 0 bridgehead atoms. The highest BCUT2D eigenvalue weighted by molar-refractivity contribution is 7.89. The molecule has 0 radical (unpaired) electrons. The largest absolute Gasteiger partial charge is 0.497 e. The number of nitrogens with zero attached hydrogens (tertiary/aromatic N) is 2. The van der Waals surface area contributed by atoms with E-state index in [1.54, 1.807) is 12.1 Å². The molecule has 1 aliphatic heterocycles. The molecule has 11 heteroatoms. The van der Waals surface area contributed by atoms with Crippen molar-refractivity contribution < 1.29 is 37.3 Å². The Hall–Kier alpha value is -2.70. The average molecular weight is 563 g/mol. The lowest BCUT2D eigenvalue weighted by atomic mass is 10.1. The molecule has 4 rings (SSSR count). The van der Waals surface area contributed by atoms with Crippen molar-refractivity contribution in [2.24, 2.45) is 5.92 Å². The molecule has 2 aromatic carbocycles. The van der Waals surface area contributed by atoms with Crippen molar-refractivity contribution in [1.82, 2.24) is 9.21 Å². The van der Waals surface area contributed by atoms with Crippen LogP contribution in [0, 0.1) is 5.92 Å². The van der Waals surface area contributed by atoms with Gasteiger partial charge in [0.15, 0.2) is 6.10 Å². The predicted molar refractivity (Wildman–Crippen MR) is 144 cm³/mol. The second-order valence-corrected chi connectivity index (χ2v) is 12.0. The molecule has 2 fully saturated rings. The van der Waals surface area contributed by atoms with Crippen LogP contribution in [0.25, 0.3) is 0 Å². The zero-order valence-electron chi connectivity index (χ0n) is 22.3. The van der Waals surface area contributed by atoms with Crippen LogP contribution in [0.1, 0.15) is 31.2 Å². The van der Waals surface area contributed by atoms with Crippen LogP contribution < -0.4 is 4.74 Å². The van der Waals surface area contributed by atoms with Gasteiger partial charge in [-0.15, -0.1) is 0 Å². The number of carbonyl (C=O) groups is 1. The molecule has 1 aliphatic carbocycles. The Morgan fingerprint density at radius 2 is 1.69 bits per heavy atom. The summed E-state index contributed by atoms with van der Waals surface area (Å²) in [5.74, 6) is 0.780. The molecular formula is C28H38N2O8S. The Balaban J connectivity index is 1.50. The summed E-state index contributed by atoms with van der Waals surface area (Å²) in [7, 11) is -2.38. The molecule has 214 valence electrons. The van der Waals surface area contributed by atoms with Crippen LogP contribution in [0.3, 0.4) is 0 Å². The van der Waals surface area contributed by atoms with Gasteiger partial charge in [0.05, 0.1) is 37.9 Å². The fourth-order valence-corrected chi connectivity index (χ4v) is 6.51. The Morgan fingerprint density at radius 3 is 2.33 bits per heavy atom. The first-order valence-corrected chi connectivity index (χ1v) is 14.8. The number of rotatable bonds is 12. The molecule has 1 amide bonds. The lowest BCUT2D eigenvalue weighted by Crippen LogP contribution is -2.46. The van der Waals surface area contributed by atoms with Crippen LogP contribution in [0.2, 0.25) is 0 Å². The van der Waals surface area contributed by atoms with E-state index in [2.05, 4.69) is 0 Å². The van der Waals surface area contributed by atoms with Gasteiger partial charge in [-0.3, -0.25) is 0 Å². The molecule has 1 N–H and O–H groups in total. The molecule has 1 saturated carbocycles. The Labute approximate surface area is 230 Å².